The standard InChI is InChI=1S/C10H9N3O2/c11-6-8(9(12)14)10(15)13-7-4-2-1-3-5-7/h1-5,13,15H,(H2,12,14)/b10-8-. The fourth-order valence-corrected chi connectivity index (χ4v) is 0.945. The van der Waals surface area contributed by atoms with E-state index >= 15 is 0 Å². The zero-order valence-corrected chi connectivity index (χ0v) is 7.77. The Morgan fingerprint density at radius 1 is 1.40 bits per heavy atom. The van der Waals surface area contributed by atoms with Crippen LogP contribution in [0, 0.1) is 11.3 Å². The number of carbonyl (C=O) groups is 1. The second-order valence-electron chi connectivity index (χ2n) is 2.69. The number of aliphatic hydroxyl groups is 1. The van der Waals surface area contributed by atoms with Gasteiger partial charge in [-0.25, -0.2) is 0 Å². The summed E-state index contributed by atoms with van der Waals surface area (Å²) in [6.45, 7) is 0. The van der Waals surface area contributed by atoms with Crippen molar-refractivity contribution in [2.24, 2.45) is 5.73 Å². The number of nitriles is 1. The van der Waals surface area contributed by atoms with Crippen molar-refractivity contribution in [3.05, 3.63) is 41.8 Å². The van der Waals surface area contributed by atoms with E-state index < -0.39 is 17.4 Å². The second-order valence-corrected chi connectivity index (χ2v) is 2.69. The molecule has 1 aromatic carbocycles. The van der Waals surface area contributed by atoms with E-state index in [-0.39, 0.29) is 0 Å². The number of hydrogen-bond donors (Lipinski definition) is 3. The summed E-state index contributed by atoms with van der Waals surface area (Å²) in [7, 11) is 0. The molecular formula is C10H9N3O2. The summed E-state index contributed by atoms with van der Waals surface area (Å²) in [5.41, 5.74) is 4.94. The Kier molecular flexibility index (Phi) is 3.30. The Balaban J connectivity index is 2.92. The molecule has 0 bridgehead atoms. The first-order valence-electron chi connectivity index (χ1n) is 4.10. The van der Waals surface area contributed by atoms with Gasteiger partial charge in [-0.15, -0.1) is 0 Å². The van der Waals surface area contributed by atoms with Crippen LogP contribution >= 0.6 is 0 Å². The molecule has 0 saturated carbocycles. The number of nitrogens with one attached hydrogen (secondary N) is 1. The number of para-hydroxylation sites is 1. The van der Waals surface area contributed by atoms with Crippen LogP contribution in [0.4, 0.5) is 5.69 Å². The van der Waals surface area contributed by atoms with Crippen LogP contribution in [0.15, 0.2) is 41.8 Å². The molecule has 0 atom stereocenters. The third-order valence-electron chi connectivity index (χ3n) is 1.63. The minimum atomic E-state index is -0.974. The van der Waals surface area contributed by atoms with E-state index in [0.717, 1.165) is 0 Å². The first kappa shape index (κ1) is 10.6. The summed E-state index contributed by atoms with van der Waals surface area (Å²) in [6, 6.07) is 10.1. The Morgan fingerprint density at radius 2 is 2.00 bits per heavy atom. The molecular weight excluding hydrogens is 194 g/mol. The largest absolute Gasteiger partial charge is 0.493 e. The number of aliphatic hydroxyl groups excluding tert-OH is 1. The summed E-state index contributed by atoms with van der Waals surface area (Å²) in [6.07, 6.45) is 0. The van der Waals surface area contributed by atoms with E-state index in [4.69, 9.17) is 11.0 Å². The molecule has 4 N–H and O–H groups in total. The van der Waals surface area contributed by atoms with Crippen molar-refractivity contribution in [2.75, 3.05) is 5.32 Å². The molecule has 0 aromatic heterocycles. The highest BCUT2D eigenvalue weighted by molar-refractivity contribution is 5.96. The lowest BCUT2D eigenvalue weighted by atomic mass is 10.2. The van der Waals surface area contributed by atoms with Crippen molar-refractivity contribution in [1.29, 1.82) is 5.26 Å². The number of primary amides is 1. The van der Waals surface area contributed by atoms with Gasteiger partial charge in [-0.2, -0.15) is 5.26 Å². The molecule has 15 heavy (non-hydrogen) atoms. The number of nitrogens with two attached hydrogens (primary N) is 1. The molecule has 1 rings (SSSR count). The summed E-state index contributed by atoms with van der Waals surface area (Å²) in [4.78, 5) is 10.7. The van der Waals surface area contributed by atoms with Crippen LogP contribution in [-0.2, 0) is 4.79 Å². The average Bonchev–Trinajstić information content (AvgIpc) is 2.19. The smallest absolute Gasteiger partial charge is 0.264 e. The van der Waals surface area contributed by atoms with E-state index in [2.05, 4.69) is 5.32 Å². The molecule has 0 heterocycles. The minimum Gasteiger partial charge on any atom is -0.493 e. The van der Waals surface area contributed by atoms with Gasteiger partial charge in [-0.05, 0) is 12.1 Å². The highest BCUT2D eigenvalue weighted by Gasteiger charge is 2.11. The minimum absolute atomic E-state index is 0.501. The molecule has 1 amide bonds. The van der Waals surface area contributed by atoms with Crippen LogP contribution in [0.1, 0.15) is 0 Å². The summed E-state index contributed by atoms with van der Waals surface area (Å²) in [5.74, 6) is -1.52. The van der Waals surface area contributed by atoms with Gasteiger partial charge >= 0.3 is 0 Å². The normalized spacial score (nSPS) is 11.1. The lowest BCUT2D eigenvalue weighted by molar-refractivity contribution is -0.114. The van der Waals surface area contributed by atoms with Crippen molar-refractivity contribution in [1.82, 2.24) is 0 Å². The van der Waals surface area contributed by atoms with Crippen LogP contribution in [0.2, 0.25) is 0 Å². The predicted molar refractivity (Wildman–Crippen MR) is 54.5 cm³/mol. The lowest BCUT2D eigenvalue weighted by Crippen LogP contribution is -2.17. The topological polar surface area (TPSA) is 99.1 Å². The van der Waals surface area contributed by atoms with Gasteiger partial charge in [0.2, 0.25) is 5.88 Å². The van der Waals surface area contributed by atoms with Crippen molar-refractivity contribution in [3.8, 4) is 6.07 Å². The Morgan fingerprint density at radius 3 is 2.47 bits per heavy atom. The summed E-state index contributed by atoms with van der Waals surface area (Å²) < 4.78 is 0. The Hall–Kier alpha value is -2.48. The molecule has 0 aliphatic rings. The van der Waals surface area contributed by atoms with Crippen molar-refractivity contribution in [2.45, 2.75) is 0 Å². The van der Waals surface area contributed by atoms with Gasteiger partial charge in [0.05, 0.1) is 0 Å². The van der Waals surface area contributed by atoms with E-state index in [9.17, 15) is 9.90 Å². The fourth-order valence-electron chi connectivity index (χ4n) is 0.945. The molecule has 0 aliphatic carbocycles. The van der Waals surface area contributed by atoms with Crippen LogP contribution < -0.4 is 11.1 Å². The van der Waals surface area contributed by atoms with E-state index in [1.807, 2.05) is 0 Å². The van der Waals surface area contributed by atoms with Gasteiger partial charge in [0.1, 0.15) is 6.07 Å². The number of anilines is 1. The number of amides is 1. The molecule has 0 unspecified atom stereocenters. The Bertz CT molecular complexity index is 432. The van der Waals surface area contributed by atoms with Gasteiger partial charge in [-0.3, -0.25) is 4.79 Å². The number of hydrogen-bond acceptors (Lipinski definition) is 4. The SMILES string of the molecule is N#C/C(C(N)=O)=C(/O)Nc1ccccc1. The number of rotatable bonds is 3. The maximum absolute atomic E-state index is 10.7. The van der Waals surface area contributed by atoms with Crippen molar-refractivity contribution < 1.29 is 9.90 Å². The van der Waals surface area contributed by atoms with Crippen LogP contribution in [0.3, 0.4) is 0 Å². The monoisotopic (exact) mass is 203 g/mol. The first-order valence-corrected chi connectivity index (χ1v) is 4.10. The lowest BCUT2D eigenvalue weighted by Gasteiger charge is -2.05. The predicted octanol–water partition coefficient (Wildman–Crippen LogP) is 0.877. The zero-order valence-electron chi connectivity index (χ0n) is 7.77. The van der Waals surface area contributed by atoms with E-state index in [1.165, 1.54) is 6.07 Å². The second kappa shape index (κ2) is 4.67. The molecule has 0 aliphatic heterocycles. The number of nitrogens with zero attached hydrogens (tertiary/aromatic N) is 1. The van der Waals surface area contributed by atoms with Gasteiger partial charge in [0, 0.05) is 5.69 Å². The quantitative estimate of drug-likeness (QED) is 0.385. The van der Waals surface area contributed by atoms with Gasteiger partial charge in [0.15, 0.2) is 5.57 Å². The maximum Gasteiger partial charge on any atom is 0.264 e. The highest BCUT2D eigenvalue weighted by atomic mass is 16.3. The van der Waals surface area contributed by atoms with Crippen LogP contribution in [0.25, 0.3) is 0 Å². The van der Waals surface area contributed by atoms with Crippen molar-refractivity contribution >= 4 is 11.6 Å². The van der Waals surface area contributed by atoms with Crippen molar-refractivity contribution in [3.63, 3.8) is 0 Å². The number of benzene rings is 1. The van der Waals surface area contributed by atoms with Gasteiger partial charge < -0.3 is 16.2 Å². The molecule has 5 heteroatoms. The summed E-state index contributed by atoms with van der Waals surface area (Å²) >= 11 is 0. The van der Waals surface area contributed by atoms with E-state index in [0.29, 0.717) is 5.69 Å². The third-order valence-corrected chi connectivity index (χ3v) is 1.63. The van der Waals surface area contributed by atoms with E-state index in [1.54, 1.807) is 30.3 Å². The molecule has 0 spiro atoms. The Labute approximate surface area is 86.4 Å². The highest BCUT2D eigenvalue weighted by Crippen LogP contribution is 2.09. The molecule has 0 radical (unpaired) electrons. The molecule has 1 aromatic rings. The molecule has 0 saturated heterocycles. The average molecular weight is 203 g/mol. The first-order chi connectivity index (χ1) is 7.15. The molecule has 76 valence electrons. The molecule has 5 nitrogen and oxygen atoms in total. The van der Waals surface area contributed by atoms with Crippen LogP contribution in [-0.4, -0.2) is 11.0 Å². The third kappa shape index (κ3) is 2.74. The molecule has 0 fully saturated rings. The summed E-state index contributed by atoms with van der Waals surface area (Å²) in [5, 5.41) is 20.4. The fraction of sp³-hybridized carbons (Fsp3) is 0. The van der Waals surface area contributed by atoms with Gasteiger partial charge in [0.25, 0.3) is 5.91 Å². The van der Waals surface area contributed by atoms with Gasteiger partial charge in [-0.1, -0.05) is 18.2 Å². The maximum atomic E-state index is 10.7. The zero-order chi connectivity index (χ0) is 11.3. The van der Waals surface area contributed by atoms with Crippen LogP contribution in [0.5, 0.6) is 0 Å². The number of carbonyl (C=O) groups excluding carboxylic acids is 1.